The number of hydrogen-bond acceptors (Lipinski definition) is 5. The summed E-state index contributed by atoms with van der Waals surface area (Å²) >= 11 is 1.66. The number of fused-ring (bicyclic) bond motifs is 1. The van der Waals surface area contributed by atoms with E-state index in [1.165, 1.54) is 12.1 Å². The van der Waals surface area contributed by atoms with Crippen molar-refractivity contribution >= 4 is 43.0 Å². The highest BCUT2D eigenvalue weighted by Gasteiger charge is 2.11. The van der Waals surface area contributed by atoms with E-state index in [2.05, 4.69) is 10.3 Å². The number of nitrogens with one attached hydrogen (secondary N) is 1. The van der Waals surface area contributed by atoms with Crippen molar-refractivity contribution in [1.29, 1.82) is 0 Å². The normalized spacial score (nSPS) is 11.6. The summed E-state index contributed by atoms with van der Waals surface area (Å²) in [5.41, 5.74) is 1.60. The molecule has 1 heterocycles. The predicted octanol–water partition coefficient (Wildman–Crippen LogP) is 4.05. The molecule has 0 bridgehead atoms. The molecule has 0 spiro atoms. The quantitative estimate of drug-likeness (QED) is 0.662. The number of hydrogen-bond donors (Lipinski definition) is 1. The Morgan fingerprint density at radius 2 is 1.85 bits per heavy atom. The van der Waals surface area contributed by atoms with Crippen LogP contribution in [0.4, 0.5) is 5.69 Å². The number of anilines is 1. The Morgan fingerprint density at radius 3 is 2.54 bits per heavy atom. The summed E-state index contributed by atoms with van der Waals surface area (Å²) in [5.74, 6) is -0.0259. The minimum Gasteiger partial charge on any atom is -0.326 e. The van der Waals surface area contributed by atoms with E-state index in [0.29, 0.717) is 18.5 Å². The number of aryl methyl sites for hydroxylation is 1. The van der Waals surface area contributed by atoms with E-state index in [-0.39, 0.29) is 16.6 Å². The zero-order chi connectivity index (χ0) is 18.6. The lowest BCUT2D eigenvalue weighted by Crippen LogP contribution is -2.11. The molecule has 3 aromatic rings. The van der Waals surface area contributed by atoms with Crippen molar-refractivity contribution < 1.29 is 13.2 Å². The van der Waals surface area contributed by atoms with Crippen molar-refractivity contribution in [2.75, 3.05) is 11.1 Å². The summed E-state index contributed by atoms with van der Waals surface area (Å²) in [6.07, 6.45) is 1.87. The maximum absolute atomic E-state index is 12.1. The van der Waals surface area contributed by atoms with Gasteiger partial charge in [-0.3, -0.25) is 4.79 Å². The number of sulfone groups is 1. The Kier molecular flexibility index (Phi) is 5.68. The molecule has 3 rings (SSSR count). The topological polar surface area (TPSA) is 76.1 Å². The molecular formula is C19H20N2O3S2. The van der Waals surface area contributed by atoms with Crippen LogP contribution in [0.1, 0.15) is 24.8 Å². The van der Waals surface area contributed by atoms with Crippen LogP contribution >= 0.6 is 11.3 Å². The molecule has 2 aromatic carbocycles. The SMILES string of the molecule is CCS(=O)(=O)c1ccc(NC(=O)CCCc2nc3ccccc3s2)cc1. The maximum atomic E-state index is 12.1. The van der Waals surface area contributed by atoms with Crippen LogP contribution in [0.5, 0.6) is 0 Å². The standard InChI is InChI=1S/C19H20N2O3S2/c1-2-26(23,24)15-12-10-14(11-13-15)20-18(22)8-5-9-19-21-16-6-3-4-7-17(16)25-19/h3-4,6-7,10-13H,2,5,8-9H2,1H3,(H,20,22). The van der Waals surface area contributed by atoms with Gasteiger partial charge in [0.15, 0.2) is 9.84 Å². The zero-order valence-electron chi connectivity index (χ0n) is 14.4. The second-order valence-corrected chi connectivity index (χ2v) is 9.30. The third-order valence-corrected chi connectivity index (χ3v) is 6.86. The smallest absolute Gasteiger partial charge is 0.224 e. The van der Waals surface area contributed by atoms with Gasteiger partial charge in [-0.2, -0.15) is 0 Å². The molecule has 0 aliphatic rings. The Hall–Kier alpha value is -2.25. The van der Waals surface area contributed by atoms with Crippen molar-refractivity contribution in [2.45, 2.75) is 31.1 Å². The van der Waals surface area contributed by atoms with Crippen LogP contribution < -0.4 is 5.32 Å². The Morgan fingerprint density at radius 1 is 1.12 bits per heavy atom. The molecular weight excluding hydrogens is 368 g/mol. The molecule has 1 amide bonds. The molecule has 0 atom stereocenters. The molecule has 26 heavy (non-hydrogen) atoms. The van der Waals surface area contributed by atoms with E-state index in [4.69, 9.17) is 0 Å². The second-order valence-electron chi connectivity index (χ2n) is 5.90. The van der Waals surface area contributed by atoms with Crippen LogP contribution in [0.25, 0.3) is 10.2 Å². The Bertz CT molecular complexity index is 976. The molecule has 0 aliphatic heterocycles. The number of para-hydroxylation sites is 1. The number of aromatic nitrogens is 1. The van der Waals surface area contributed by atoms with E-state index in [0.717, 1.165) is 21.6 Å². The molecule has 1 aromatic heterocycles. The van der Waals surface area contributed by atoms with E-state index in [1.54, 1.807) is 30.4 Å². The number of carbonyl (C=O) groups excluding carboxylic acids is 1. The minimum atomic E-state index is -3.22. The van der Waals surface area contributed by atoms with Crippen molar-refractivity contribution in [3.8, 4) is 0 Å². The molecule has 0 unspecified atom stereocenters. The van der Waals surface area contributed by atoms with E-state index in [9.17, 15) is 13.2 Å². The van der Waals surface area contributed by atoms with Gasteiger partial charge < -0.3 is 5.32 Å². The summed E-state index contributed by atoms with van der Waals surface area (Å²) in [6.45, 7) is 1.61. The number of carbonyl (C=O) groups is 1. The van der Waals surface area contributed by atoms with E-state index < -0.39 is 9.84 Å². The fourth-order valence-electron chi connectivity index (χ4n) is 2.56. The Balaban J connectivity index is 1.51. The van der Waals surface area contributed by atoms with E-state index >= 15 is 0 Å². The number of amides is 1. The summed E-state index contributed by atoms with van der Waals surface area (Å²) in [4.78, 5) is 16.9. The zero-order valence-corrected chi connectivity index (χ0v) is 16.1. The summed E-state index contributed by atoms with van der Waals surface area (Å²) in [6, 6.07) is 14.3. The average molecular weight is 389 g/mol. The number of thiazole rings is 1. The first-order chi connectivity index (χ1) is 12.5. The molecule has 0 saturated carbocycles. The predicted molar refractivity (Wildman–Crippen MR) is 105 cm³/mol. The average Bonchev–Trinajstić information content (AvgIpc) is 3.05. The molecule has 0 radical (unpaired) electrons. The fraction of sp³-hybridized carbons (Fsp3) is 0.263. The van der Waals surface area contributed by atoms with Crippen LogP contribution in [0.15, 0.2) is 53.4 Å². The van der Waals surface area contributed by atoms with Crippen LogP contribution in [-0.2, 0) is 21.1 Å². The van der Waals surface area contributed by atoms with Gasteiger partial charge in [-0.15, -0.1) is 11.3 Å². The van der Waals surface area contributed by atoms with Gasteiger partial charge >= 0.3 is 0 Å². The van der Waals surface area contributed by atoms with Crippen LogP contribution in [-0.4, -0.2) is 25.1 Å². The van der Waals surface area contributed by atoms with Crippen LogP contribution in [0.3, 0.4) is 0 Å². The van der Waals surface area contributed by atoms with Gasteiger partial charge in [-0.05, 0) is 49.2 Å². The lowest BCUT2D eigenvalue weighted by atomic mass is 10.2. The first-order valence-corrected chi connectivity index (χ1v) is 10.9. The molecule has 0 aliphatic carbocycles. The van der Waals surface area contributed by atoms with Crippen LogP contribution in [0.2, 0.25) is 0 Å². The van der Waals surface area contributed by atoms with Crippen LogP contribution in [0, 0.1) is 0 Å². The highest BCUT2D eigenvalue weighted by atomic mass is 32.2. The first-order valence-electron chi connectivity index (χ1n) is 8.45. The van der Waals surface area contributed by atoms with Gasteiger partial charge in [-0.25, -0.2) is 13.4 Å². The molecule has 5 nitrogen and oxygen atoms in total. The number of rotatable bonds is 7. The van der Waals surface area contributed by atoms with Crippen molar-refractivity contribution in [2.24, 2.45) is 0 Å². The second kappa shape index (κ2) is 7.97. The van der Waals surface area contributed by atoms with E-state index in [1.807, 2.05) is 24.3 Å². The van der Waals surface area contributed by atoms with Crippen molar-refractivity contribution in [3.05, 3.63) is 53.5 Å². The van der Waals surface area contributed by atoms with Gasteiger partial charge in [0.25, 0.3) is 0 Å². The first kappa shape index (κ1) is 18.5. The Labute approximate surface area is 157 Å². The van der Waals surface area contributed by atoms with Gasteiger partial charge in [0.05, 0.1) is 25.9 Å². The maximum Gasteiger partial charge on any atom is 0.224 e. The largest absolute Gasteiger partial charge is 0.326 e. The van der Waals surface area contributed by atoms with Gasteiger partial charge in [0.2, 0.25) is 5.91 Å². The highest BCUT2D eigenvalue weighted by molar-refractivity contribution is 7.91. The molecule has 7 heteroatoms. The summed E-state index contributed by atoms with van der Waals surface area (Å²) in [5, 5.41) is 3.84. The molecule has 0 fully saturated rings. The summed E-state index contributed by atoms with van der Waals surface area (Å²) < 4.78 is 24.7. The minimum absolute atomic E-state index is 0.0600. The highest BCUT2D eigenvalue weighted by Crippen LogP contribution is 2.23. The third kappa shape index (κ3) is 4.47. The number of benzene rings is 2. The molecule has 0 saturated heterocycles. The van der Waals surface area contributed by atoms with Gasteiger partial charge in [0, 0.05) is 12.1 Å². The summed E-state index contributed by atoms with van der Waals surface area (Å²) in [7, 11) is -3.22. The fourth-order valence-corrected chi connectivity index (χ4v) is 4.46. The molecule has 136 valence electrons. The number of nitrogens with zero attached hydrogens (tertiary/aromatic N) is 1. The lowest BCUT2D eigenvalue weighted by Gasteiger charge is -2.06. The van der Waals surface area contributed by atoms with Gasteiger partial charge in [0.1, 0.15) is 0 Å². The monoisotopic (exact) mass is 388 g/mol. The molecule has 1 N–H and O–H groups in total. The van der Waals surface area contributed by atoms with Crippen molar-refractivity contribution in [3.63, 3.8) is 0 Å². The third-order valence-electron chi connectivity index (χ3n) is 4.01. The van der Waals surface area contributed by atoms with Crippen molar-refractivity contribution in [1.82, 2.24) is 4.98 Å². The lowest BCUT2D eigenvalue weighted by molar-refractivity contribution is -0.116. The van der Waals surface area contributed by atoms with Gasteiger partial charge in [-0.1, -0.05) is 19.1 Å².